The molecule has 11 heavy (non-hydrogen) atoms. The molecule has 1 heterocycles. The summed E-state index contributed by atoms with van der Waals surface area (Å²) in [5.74, 6) is 1.35. The Labute approximate surface area is 65.9 Å². The fourth-order valence-corrected chi connectivity index (χ4v) is 0.917. The first kappa shape index (κ1) is 7.60. The molecule has 0 aliphatic rings. The van der Waals surface area contributed by atoms with Gasteiger partial charge in [0, 0.05) is 6.20 Å². The first-order chi connectivity index (χ1) is 5.20. The number of nitrogen functional groups attached to an aromatic ring is 1. The van der Waals surface area contributed by atoms with E-state index in [0.717, 1.165) is 11.5 Å². The van der Waals surface area contributed by atoms with Crippen LogP contribution in [0.4, 0.5) is 5.82 Å². The number of hydrogen-bond acceptors (Lipinski definition) is 2. The molecule has 0 aromatic carbocycles. The summed E-state index contributed by atoms with van der Waals surface area (Å²) in [4.78, 5) is 4.15. The average molecular weight is 149 g/mol. The van der Waals surface area contributed by atoms with Gasteiger partial charge in [-0.1, -0.05) is 13.2 Å². The molecule has 0 atom stereocenters. The molecule has 3 heteroatoms. The van der Waals surface area contributed by atoms with E-state index in [0.29, 0.717) is 5.82 Å². The summed E-state index contributed by atoms with van der Waals surface area (Å²) in [6.45, 7) is 9.07. The molecule has 1 aromatic heterocycles. The Morgan fingerprint density at radius 2 is 2.18 bits per heavy atom. The van der Waals surface area contributed by atoms with Crippen molar-refractivity contribution in [2.24, 2.45) is 0 Å². The van der Waals surface area contributed by atoms with Gasteiger partial charge < -0.3 is 5.73 Å². The number of nitrogens with zero attached hydrogens (tertiary/aromatic N) is 2. The van der Waals surface area contributed by atoms with E-state index in [1.54, 1.807) is 16.8 Å². The van der Waals surface area contributed by atoms with Gasteiger partial charge in [0.05, 0.1) is 5.69 Å². The molecule has 3 nitrogen and oxygen atoms in total. The van der Waals surface area contributed by atoms with Gasteiger partial charge in [-0.3, -0.25) is 4.57 Å². The number of nitrogens with two attached hydrogens (primary N) is 1. The largest absolute Gasteiger partial charge is 0.383 e. The highest BCUT2D eigenvalue weighted by atomic mass is 15.1. The lowest BCUT2D eigenvalue weighted by Crippen LogP contribution is -1.96. The van der Waals surface area contributed by atoms with E-state index < -0.39 is 0 Å². The van der Waals surface area contributed by atoms with E-state index in [1.807, 2.05) is 6.92 Å². The van der Waals surface area contributed by atoms with E-state index in [9.17, 15) is 0 Å². The van der Waals surface area contributed by atoms with Crippen molar-refractivity contribution in [2.75, 3.05) is 5.73 Å². The van der Waals surface area contributed by atoms with Gasteiger partial charge >= 0.3 is 0 Å². The van der Waals surface area contributed by atoms with Gasteiger partial charge in [-0.15, -0.1) is 0 Å². The summed E-state index contributed by atoms with van der Waals surface area (Å²) in [5, 5.41) is 0. The van der Waals surface area contributed by atoms with Gasteiger partial charge in [0.25, 0.3) is 0 Å². The van der Waals surface area contributed by atoms with Crippen LogP contribution in [-0.2, 0) is 0 Å². The van der Waals surface area contributed by atoms with Gasteiger partial charge in [0.2, 0.25) is 0 Å². The number of aromatic nitrogens is 2. The van der Waals surface area contributed by atoms with Gasteiger partial charge in [-0.05, 0) is 13.0 Å². The van der Waals surface area contributed by atoms with E-state index in [1.165, 1.54) is 0 Å². The zero-order chi connectivity index (χ0) is 8.43. The molecule has 0 spiro atoms. The molecule has 58 valence electrons. The number of imidazole rings is 1. The Morgan fingerprint density at radius 3 is 2.55 bits per heavy atom. The molecule has 0 amide bonds. The predicted octanol–water partition coefficient (Wildman–Crippen LogP) is 1.52. The third kappa shape index (κ3) is 1.05. The first-order valence-electron chi connectivity index (χ1n) is 3.30. The quantitative estimate of drug-likeness (QED) is 0.692. The molecule has 0 bridgehead atoms. The van der Waals surface area contributed by atoms with Crippen LogP contribution in [0.2, 0.25) is 0 Å². The topological polar surface area (TPSA) is 43.8 Å². The number of anilines is 1. The molecule has 0 saturated heterocycles. The number of rotatable bonds is 2. The van der Waals surface area contributed by atoms with Gasteiger partial charge in [0.1, 0.15) is 11.6 Å². The van der Waals surface area contributed by atoms with Crippen LogP contribution >= 0.6 is 0 Å². The fourth-order valence-electron chi connectivity index (χ4n) is 0.917. The van der Waals surface area contributed by atoms with E-state index >= 15 is 0 Å². The molecular weight excluding hydrogens is 138 g/mol. The molecular formula is C8H11N3. The average Bonchev–Trinajstić information content (AvgIpc) is 2.28. The van der Waals surface area contributed by atoms with Crippen molar-refractivity contribution >= 4 is 18.1 Å². The van der Waals surface area contributed by atoms with E-state index in [2.05, 4.69) is 18.1 Å². The molecule has 0 aliphatic heterocycles. The van der Waals surface area contributed by atoms with Crippen LogP contribution in [0, 0.1) is 6.92 Å². The van der Waals surface area contributed by atoms with Crippen LogP contribution in [0.5, 0.6) is 0 Å². The van der Waals surface area contributed by atoms with Crippen LogP contribution in [0.15, 0.2) is 13.2 Å². The molecule has 2 N–H and O–H groups in total. The molecule has 1 rings (SSSR count). The van der Waals surface area contributed by atoms with E-state index in [4.69, 9.17) is 5.73 Å². The molecule has 0 saturated carbocycles. The molecule has 0 fully saturated rings. The maximum Gasteiger partial charge on any atom is 0.138 e. The minimum atomic E-state index is 0.620. The van der Waals surface area contributed by atoms with E-state index in [-0.39, 0.29) is 0 Å². The molecule has 1 aromatic rings. The fraction of sp³-hybridized carbons (Fsp3) is 0.125. The maximum atomic E-state index is 5.67. The Kier molecular flexibility index (Phi) is 1.81. The van der Waals surface area contributed by atoms with Crippen molar-refractivity contribution in [2.45, 2.75) is 6.92 Å². The summed E-state index contributed by atoms with van der Waals surface area (Å²) < 4.78 is 1.70. The first-order valence-corrected chi connectivity index (χ1v) is 3.30. The third-order valence-corrected chi connectivity index (χ3v) is 1.52. The van der Waals surface area contributed by atoms with Crippen molar-refractivity contribution in [1.82, 2.24) is 9.55 Å². The lowest BCUT2D eigenvalue weighted by Gasteiger charge is -1.97. The Balaban J connectivity index is 3.37. The summed E-state index contributed by atoms with van der Waals surface area (Å²) in [6, 6.07) is 0. The molecule has 0 aliphatic carbocycles. The smallest absolute Gasteiger partial charge is 0.138 e. The molecule has 0 unspecified atom stereocenters. The SMILES string of the molecule is C=Cc1nc(C)c(N)n1C=C. The second-order valence-electron chi connectivity index (χ2n) is 2.20. The van der Waals surface area contributed by atoms with Gasteiger partial charge in [-0.2, -0.15) is 0 Å². The van der Waals surface area contributed by atoms with Crippen molar-refractivity contribution in [3.05, 3.63) is 24.7 Å². The summed E-state index contributed by atoms with van der Waals surface area (Å²) in [6.07, 6.45) is 3.26. The Hall–Kier alpha value is -1.51. The second kappa shape index (κ2) is 2.62. The summed E-state index contributed by atoms with van der Waals surface area (Å²) in [5.41, 5.74) is 6.48. The maximum absolute atomic E-state index is 5.67. The Bertz CT molecular complexity index is 297. The zero-order valence-corrected chi connectivity index (χ0v) is 6.54. The predicted molar refractivity (Wildman–Crippen MR) is 47.9 cm³/mol. The van der Waals surface area contributed by atoms with Crippen molar-refractivity contribution in [3.8, 4) is 0 Å². The van der Waals surface area contributed by atoms with Crippen LogP contribution in [0.25, 0.3) is 12.3 Å². The monoisotopic (exact) mass is 149 g/mol. The zero-order valence-electron chi connectivity index (χ0n) is 6.54. The van der Waals surface area contributed by atoms with Crippen LogP contribution in [0.3, 0.4) is 0 Å². The summed E-state index contributed by atoms with van der Waals surface area (Å²) in [7, 11) is 0. The van der Waals surface area contributed by atoms with Crippen LogP contribution in [-0.4, -0.2) is 9.55 Å². The minimum Gasteiger partial charge on any atom is -0.383 e. The Morgan fingerprint density at radius 1 is 1.55 bits per heavy atom. The highest BCUT2D eigenvalue weighted by molar-refractivity contribution is 5.53. The second-order valence-corrected chi connectivity index (χ2v) is 2.20. The highest BCUT2D eigenvalue weighted by Crippen LogP contribution is 2.13. The van der Waals surface area contributed by atoms with Crippen molar-refractivity contribution in [3.63, 3.8) is 0 Å². The van der Waals surface area contributed by atoms with Gasteiger partial charge in [-0.25, -0.2) is 4.98 Å². The lowest BCUT2D eigenvalue weighted by molar-refractivity contribution is 1.12. The van der Waals surface area contributed by atoms with Crippen LogP contribution in [0.1, 0.15) is 11.5 Å². The third-order valence-electron chi connectivity index (χ3n) is 1.52. The summed E-state index contributed by atoms with van der Waals surface area (Å²) >= 11 is 0. The minimum absolute atomic E-state index is 0.620. The van der Waals surface area contributed by atoms with Crippen LogP contribution < -0.4 is 5.73 Å². The highest BCUT2D eigenvalue weighted by Gasteiger charge is 2.04. The lowest BCUT2D eigenvalue weighted by atomic mass is 10.5. The standard InChI is InChI=1S/C8H11N3/c1-4-7-10-6(3)8(9)11(7)5-2/h4-5H,1-2,9H2,3H3. The van der Waals surface area contributed by atoms with Crippen molar-refractivity contribution < 1.29 is 0 Å². The molecule has 0 radical (unpaired) electrons. The van der Waals surface area contributed by atoms with Gasteiger partial charge in [0.15, 0.2) is 0 Å². The van der Waals surface area contributed by atoms with Crippen molar-refractivity contribution in [1.29, 1.82) is 0 Å². The number of hydrogen-bond donors (Lipinski definition) is 1. The normalized spacial score (nSPS) is 9.55. The number of aryl methyl sites for hydroxylation is 1.